The van der Waals surface area contributed by atoms with Crippen molar-refractivity contribution in [3.8, 4) is 0 Å². The molecule has 0 radical (unpaired) electrons. The molecule has 0 aromatic heterocycles. The Morgan fingerprint density at radius 3 is 2.05 bits per heavy atom. The Morgan fingerprint density at radius 2 is 1.48 bits per heavy atom. The largest absolute Gasteiger partial charge is 0.414 e. The fourth-order valence-electron chi connectivity index (χ4n) is 9.78. The fourth-order valence-corrected chi connectivity index (χ4v) is 12.6. The third-order valence-corrected chi connectivity index (χ3v) is 24.0. The van der Waals surface area contributed by atoms with Gasteiger partial charge in [0, 0.05) is 5.41 Å². The van der Waals surface area contributed by atoms with Gasteiger partial charge in [-0.15, -0.1) is 0 Å². The summed E-state index contributed by atoms with van der Waals surface area (Å²) in [5.74, 6) is 2.85. The Bertz CT molecular complexity index is 1100. The van der Waals surface area contributed by atoms with Crippen LogP contribution in [0.1, 0.15) is 121 Å². The molecule has 0 amide bonds. The second-order valence-corrected chi connectivity index (χ2v) is 29.4. The number of epoxide rings is 1. The summed E-state index contributed by atoms with van der Waals surface area (Å²) in [6.45, 7) is 36.8. The van der Waals surface area contributed by atoms with Gasteiger partial charge in [0.1, 0.15) is 6.10 Å². The van der Waals surface area contributed by atoms with Crippen LogP contribution in [0.25, 0.3) is 0 Å². The first-order valence-corrected chi connectivity index (χ1v) is 24.1. The fraction of sp³-hybridized carbons (Fsp3) is 0.947. The van der Waals surface area contributed by atoms with Gasteiger partial charge in [-0.25, -0.2) is 0 Å². The van der Waals surface area contributed by atoms with Gasteiger partial charge in [0.05, 0.1) is 30.5 Å². The number of hydrogen-bond acceptors (Lipinski definition) is 4. The van der Waals surface area contributed by atoms with Crippen LogP contribution in [0.3, 0.4) is 0 Å². The van der Waals surface area contributed by atoms with E-state index in [2.05, 4.69) is 108 Å². The monoisotopic (exact) mass is 646 g/mol. The molecule has 1 heterocycles. The SMILES string of the molecule is CC(OCC1OC1(C)C)[C@H]1CC[C@H]2[C@@H]3CC=C4CC(O[Si](C)(C)C(C)(C)C)CC(O[Si](C)(C)C(C)(C)C)[C@]4(C)[C@H]3CC[C@]12C. The normalized spacial score (nSPS) is 41.3. The van der Waals surface area contributed by atoms with E-state index in [9.17, 15) is 0 Å². The molecular weight excluding hydrogens is 577 g/mol. The van der Waals surface area contributed by atoms with E-state index in [-0.39, 0.29) is 39.4 Å². The van der Waals surface area contributed by atoms with E-state index in [0.717, 1.165) is 31.3 Å². The molecule has 0 aromatic rings. The van der Waals surface area contributed by atoms with E-state index < -0.39 is 16.6 Å². The molecule has 0 bridgehead atoms. The number of hydrogen-bond donors (Lipinski definition) is 0. The van der Waals surface area contributed by atoms with Crippen molar-refractivity contribution in [2.45, 2.75) is 187 Å². The second-order valence-electron chi connectivity index (χ2n) is 19.9. The molecular formula is C38H70O4Si2. The van der Waals surface area contributed by atoms with Crippen molar-refractivity contribution in [2.24, 2.45) is 34.5 Å². The molecule has 5 aliphatic rings. The zero-order valence-corrected chi connectivity index (χ0v) is 33.5. The topological polar surface area (TPSA) is 40.2 Å². The molecule has 44 heavy (non-hydrogen) atoms. The van der Waals surface area contributed by atoms with Crippen LogP contribution in [0, 0.1) is 34.5 Å². The van der Waals surface area contributed by atoms with Crippen molar-refractivity contribution < 1.29 is 18.3 Å². The lowest BCUT2D eigenvalue weighted by atomic mass is 9.46. The van der Waals surface area contributed by atoms with Crippen LogP contribution in [0.4, 0.5) is 0 Å². The van der Waals surface area contributed by atoms with Gasteiger partial charge in [0.15, 0.2) is 16.6 Å². The standard InChI is InChI=1S/C38H70O4Si2/c1-25(39-24-33-36(8,9)40-33)29-18-19-30-28-17-16-26-22-27(41-43(12,13)34(2,3)4)23-32(42-44(14,15)35(5,6)7)38(26,11)31(28)20-21-37(29,30)10/h16,25,27-33H,17-24H2,1-15H3/t25?,27?,28-,29+,30-,31-,32?,33?,37+,38-/m0/s1. The van der Waals surface area contributed by atoms with Gasteiger partial charge in [0.25, 0.3) is 0 Å². The highest BCUT2D eigenvalue weighted by molar-refractivity contribution is 6.74. The molecule has 4 fully saturated rings. The van der Waals surface area contributed by atoms with Gasteiger partial charge in [0.2, 0.25) is 0 Å². The molecule has 1 aliphatic heterocycles. The third-order valence-electron chi connectivity index (χ3n) is 15.0. The van der Waals surface area contributed by atoms with Gasteiger partial charge in [-0.2, -0.15) is 0 Å². The Kier molecular flexibility index (Phi) is 9.06. The smallest absolute Gasteiger partial charge is 0.192 e. The molecule has 4 nitrogen and oxygen atoms in total. The summed E-state index contributed by atoms with van der Waals surface area (Å²) in [7, 11) is -3.87. The highest BCUT2D eigenvalue weighted by Crippen LogP contribution is 2.67. The third kappa shape index (κ3) is 6.06. The maximum Gasteiger partial charge on any atom is 0.192 e. The minimum atomic E-state index is -1.99. The number of rotatable bonds is 8. The first-order valence-electron chi connectivity index (χ1n) is 18.3. The van der Waals surface area contributed by atoms with Crippen LogP contribution in [-0.2, 0) is 18.3 Å². The Balaban J connectivity index is 1.41. The van der Waals surface area contributed by atoms with E-state index in [4.69, 9.17) is 18.3 Å². The van der Waals surface area contributed by atoms with Gasteiger partial charge < -0.3 is 18.3 Å². The summed E-state index contributed by atoms with van der Waals surface area (Å²) in [4.78, 5) is 0. The maximum absolute atomic E-state index is 7.57. The molecule has 0 spiro atoms. The summed E-state index contributed by atoms with van der Waals surface area (Å²) < 4.78 is 27.2. The molecule has 5 rings (SSSR count). The number of allylic oxidation sites excluding steroid dienone is 1. The van der Waals surface area contributed by atoms with E-state index in [1.54, 1.807) is 5.57 Å². The van der Waals surface area contributed by atoms with Crippen molar-refractivity contribution in [2.75, 3.05) is 6.61 Å². The van der Waals surface area contributed by atoms with Gasteiger partial charge in [-0.05, 0) is 131 Å². The molecule has 1 saturated heterocycles. The molecule has 4 unspecified atom stereocenters. The van der Waals surface area contributed by atoms with Gasteiger partial charge >= 0.3 is 0 Å². The van der Waals surface area contributed by atoms with Crippen LogP contribution in [0.15, 0.2) is 11.6 Å². The highest BCUT2D eigenvalue weighted by Gasteiger charge is 2.63. The molecule has 0 aromatic carbocycles. The summed E-state index contributed by atoms with van der Waals surface area (Å²) >= 11 is 0. The van der Waals surface area contributed by atoms with E-state index in [1.165, 1.54) is 32.1 Å². The van der Waals surface area contributed by atoms with Gasteiger partial charge in [-0.1, -0.05) is 67.0 Å². The summed E-state index contributed by atoms with van der Waals surface area (Å²) in [6, 6.07) is 0. The molecule has 254 valence electrons. The summed E-state index contributed by atoms with van der Waals surface area (Å²) in [5, 5.41) is 0.403. The van der Waals surface area contributed by atoms with Crippen molar-refractivity contribution >= 4 is 16.6 Å². The predicted octanol–water partition coefficient (Wildman–Crippen LogP) is 10.5. The minimum Gasteiger partial charge on any atom is -0.414 e. The molecule has 10 atom stereocenters. The lowest BCUT2D eigenvalue weighted by molar-refractivity contribution is -0.111. The average molecular weight is 647 g/mol. The molecule has 0 N–H and O–H groups in total. The van der Waals surface area contributed by atoms with E-state index >= 15 is 0 Å². The van der Waals surface area contributed by atoms with Crippen molar-refractivity contribution in [1.82, 2.24) is 0 Å². The van der Waals surface area contributed by atoms with Crippen LogP contribution >= 0.6 is 0 Å². The maximum atomic E-state index is 7.57. The minimum absolute atomic E-state index is 0.000764. The Labute approximate surface area is 274 Å². The second kappa shape index (κ2) is 11.3. The lowest BCUT2D eigenvalue weighted by Gasteiger charge is -2.62. The summed E-state index contributed by atoms with van der Waals surface area (Å²) in [6.07, 6.45) is 12.4. The molecule has 3 saturated carbocycles. The number of fused-ring (bicyclic) bond motifs is 5. The van der Waals surface area contributed by atoms with Crippen LogP contribution in [0.2, 0.25) is 36.3 Å². The zero-order valence-electron chi connectivity index (χ0n) is 31.5. The first-order chi connectivity index (χ1) is 19.9. The first kappa shape index (κ1) is 35.3. The Morgan fingerprint density at radius 1 is 0.886 bits per heavy atom. The highest BCUT2D eigenvalue weighted by atomic mass is 28.4. The molecule has 6 heteroatoms. The van der Waals surface area contributed by atoms with Crippen molar-refractivity contribution in [3.05, 3.63) is 11.6 Å². The van der Waals surface area contributed by atoms with Crippen LogP contribution in [0.5, 0.6) is 0 Å². The lowest BCUT2D eigenvalue weighted by Crippen LogP contribution is -2.60. The van der Waals surface area contributed by atoms with Crippen molar-refractivity contribution in [1.29, 1.82) is 0 Å². The van der Waals surface area contributed by atoms with E-state index in [1.807, 2.05) is 0 Å². The van der Waals surface area contributed by atoms with Gasteiger partial charge in [-0.3, -0.25) is 0 Å². The zero-order chi connectivity index (χ0) is 32.9. The average Bonchev–Trinajstić information content (AvgIpc) is 3.32. The van der Waals surface area contributed by atoms with Crippen LogP contribution < -0.4 is 0 Å². The van der Waals surface area contributed by atoms with Crippen molar-refractivity contribution in [3.63, 3.8) is 0 Å². The summed E-state index contributed by atoms with van der Waals surface area (Å²) in [5.41, 5.74) is 2.13. The van der Waals surface area contributed by atoms with E-state index in [0.29, 0.717) is 23.4 Å². The number of ether oxygens (including phenoxy) is 2. The Hall–Kier alpha value is 0.0138. The quantitative estimate of drug-likeness (QED) is 0.149. The molecule has 4 aliphatic carbocycles. The van der Waals surface area contributed by atoms with Crippen LogP contribution in [-0.4, -0.2) is 53.3 Å². The predicted molar refractivity (Wildman–Crippen MR) is 189 cm³/mol.